The molecule has 0 amide bonds. The Kier molecular flexibility index (Phi) is 6.16. The second-order valence-corrected chi connectivity index (χ2v) is 3.70. The van der Waals surface area contributed by atoms with Crippen molar-refractivity contribution in [1.29, 1.82) is 0 Å². The normalized spacial score (nSPS) is 12.2. The van der Waals surface area contributed by atoms with E-state index in [9.17, 15) is 5.11 Å². The maximum Gasteiger partial charge on any atom is 0.242 e. The second kappa shape index (κ2) is 7.67. The van der Waals surface area contributed by atoms with Crippen LogP contribution in [0.5, 0.6) is 5.88 Å². The Hall–Kier alpha value is -1.60. The molecule has 1 atom stereocenters. The van der Waals surface area contributed by atoms with Gasteiger partial charge in [-0.2, -0.15) is 4.98 Å². The molecule has 0 saturated heterocycles. The average Bonchev–Trinajstić information content (AvgIpc) is 2.34. The molecule has 7 heteroatoms. The number of aliphatic hydroxyl groups is 1. The van der Waals surface area contributed by atoms with Gasteiger partial charge in [-0.3, -0.25) is 0 Å². The van der Waals surface area contributed by atoms with Crippen LogP contribution in [0.1, 0.15) is 13.3 Å². The van der Waals surface area contributed by atoms with Gasteiger partial charge < -0.3 is 25.6 Å². The molecule has 0 aliphatic rings. The van der Waals surface area contributed by atoms with E-state index in [1.165, 1.54) is 6.33 Å². The highest BCUT2D eigenvalue weighted by Gasteiger charge is 2.09. The average molecular weight is 256 g/mol. The summed E-state index contributed by atoms with van der Waals surface area (Å²) in [6.45, 7) is 3.20. The summed E-state index contributed by atoms with van der Waals surface area (Å²) >= 11 is 0. The molecule has 0 bridgehead atoms. The van der Waals surface area contributed by atoms with Crippen LogP contribution in [0.2, 0.25) is 0 Å². The van der Waals surface area contributed by atoms with Crippen LogP contribution in [0.15, 0.2) is 6.33 Å². The van der Waals surface area contributed by atoms with Gasteiger partial charge in [0.15, 0.2) is 5.82 Å². The van der Waals surface area contributed by atoms with E-state index < -0.39 is 6.10 Å². The molecule has 0 spiro atoms. The number of nitrogens with one attached hydrogen (secondary N) is 1. The molecule has 1 aromatic heterocycles. The van der Waals surface area contributed by atoms with Crippen molar-refractivity contribution in [2.24, 2.45) is 0 Å². The van der Waals surface area contributed by atoms with E-state index in [0.717, 1.165) is 0 Å². The van der Waals surface area contributed by atoms with Gasteiger partial charge in [-0.15, -0.1) is 0 Å². The zero-order valence-corrected chi connectivity index (χ0v) is 10.7. The molecule has 0 saturated carbocycles. The first-order valence-corrected chi connectivity index (χ1v) is 5.83. The van der Waals surface area contributed by atoms with Crippen LogP contribution in [0.3, 0.4) is 0 Å². The van der Waals surface area contributed by atoms with E-state index in [1.807, 2.05) is 6.92 Å². The Morgan fingerprint density at radius 2 is 2.28 bits per heavy atom. The number of methoxy groups -OCH3 is 1. The van der Waals surface area contributed by atoms with Crippen molar-refractivity contribution in [2.45, 2.75) is 19.4 Å². The van der Waals surface area contributed by atoms with Crippen molar-refractivity contribution in [2.75, 3.05) is 37.9 Å². The van der Waals surface area contributed by atoms with Crippen molar-refractivity contribution in [1.82, 2.24) is 9.97 Å². The maximum atomic E-state index is 9.48. The van der Waals surface area contributed by atoms with Crippen molar-refractivity contribution in [3.8, 4) is 5.88 Å². The van der Waals surface area contributed by atoms with Gasteiger partial charge in [0.05, 0.1) is 19.3 Å². The van der Waals surface area contributed by atoms with Gasteiger partial charge in [-0.25, -0.2) is 4.98 Å². The topological polar surface area (TPSA) is 103 Å². The number of rotatable bonds is 8. The third-order valence-electron chi connectivity index (χ3n) is 2.26. The van der Waals surface area contributed by atoms with E-state index in [-0.39, 0.29) is 0 Å². The number of nitrogen functional groups attached to an aromatic ring is 1. The Balaban J connectivity index is 2.49. The number of aromatic nitrogens is 2. The van der Waals surface area contributed by atoms with Gasteiger partial charge in [0.1, 0.15) is 12.0 Å². The molecular formula is C11H20N4O3. The van der Waals surface area contributed by atoms with Crippen molar-refractivity contribution < 1.29 is 14.6 Å². The Bertz CT molecular complexity index is 362. The molecule has 4 N–H and O–H groups in total. The number of ether oxygens (including phenoxy) is 2. The molecule has 0 aliphatic carbocycles. The second-order valence-electron chi connectivity index (χ2n) is 3.70. The van der Waals surface area contributed by atoms with E-state index in [4.69, 9.17) is 15.2 Å². The van der Waals surface area contributed by atoms with E-state index in [0.29, 0.717) is 43.6 Å². The molecule has 1 unspecified atom stereocenters. The van der Waals surface area contributed by atoms with Gasteiger partial charge in [-0.05, 0) is 13.3 Å². The molecule has 1 rings (SSSR count). The first-order valence-electron chi connectivity index (χ1n) is 5.83. The molecule has 1 aromatic rings. The fourth-order valence-corrected chi connectivity index (χ4v) is 1.40. The number of nitrogens with two attached hydrogens (primary N) is 1. The first-order chi connectivity index (χ1) is 8.69. The SMILES string of the molecule is CCOc1ncnc(NCCC(O)COC)c1N. The summed E-state index contributed by atoms with van der Waals surface area (Å²) in [7, 11) is 1.55. The Labute approximate surface area is 106 Å². The number of hydrogen-bond donors (Lipinski definition) is 3. The van der Waals surface area contributed by atoms with Gasteiger partial charge in [0.25, 0.3) is 0 Å². The third-order valence-corrected chi connectivity index (χ3v) is 2.26. The number of hydrogen-bond acceptors (Lipinski definition) is 7. The fourth-order valence-electron chi connectivity index (χ4n) is 1.40. The quantitative estimate of drug-likeness (QED) is 0.613. The van der Waals surface area contributed by atoms with Crippen molar-refractivity contribution in [3.05, 3.63) is 6.33 Å². The van der Waals surface area contributed by atoms with Crippen LogP contribution in [0.4, 0.5) is 11.5 Å². The van der Waals surface area contributed by atoms with Crippen LogP contribution >= 0.6 is 0 Å². The zero-order valence-electron chi connectivity index (χ0n) is 10.7. The maximum absolute atomic E-state index is 9.48. The summed E-state index contributed by atoms with van der Waals surface area (Å²) in [5.74, 6) is 0.880. The van der Waals surface area contributed by atoms with E-state index in [1.54, 1.807) is 7.11 Å². The molecule has 0 aromatic carbocycles. The Morgan fingerprint density at radius 1 is 1.50 bits per heavy atom. The highest BCUT2D eigenvalue weighted by atomic mass is 16.5. The molecule has 102 valence electrons. The number of aliphatic hydroxyl groups excluding tert-OH is 1. The summed E-state index contributed by atoms with van der Waals surface area (Å²) in [5.41, 5.74) is 6.22. The van der Waals surface area contributed by atoms with E-state index in [2.05, 4.69) is 15.3 Å². The summed E-state index contributed by atoms with van der Waals surface area (Å²) in [6.07, 6.45) is 1.42. The largest absolute Gasteiger partial charge is 0.476 e. The minimum atomic E-state index is -0.503. The lowest BCUT2D eigenvalue weighted by Gasteiger charge is -2.12. The van der Waals surface area contributed by atoms with Crippen LogP contribution in [0.25, 0.3) is 0 Å². The van der Waals surface area contributed by atoms with Gasteiger partial charge in [0.2, 0.25) is 5.88 Å². The number of anilines is 2. The standard InChI is InChI=1S/C11H20N4O3/c1-3-18-11-9(12)10(14-7-15-11)13-5-4-8(16)6-17-2/h7-8,16H,3-6,12H2,1-2H3,(H,13,14,15). The van der Waals surface area contributed by atoms with Crippen LogP contribution in [-0.2, 0) is 4.74 Å². The number of nitrogens with zero attached hydrogens (tertiary/aromatic N) is 2. The first kappa shape index (κ1) is 14.5. The summed E-state index contributed by atoms with van der Waals surface area (Å²) in [4.78, 5) is 7.96. The predicted octanol–water partition coefficient (Wildman–Crippen LogP) is 0.267. The monoisotopic (exact) mass is 256 g/mol. The summed E-state index contributed by atoms with van der Waals surface area (Å²) in [5, 5.41) is 12.5. The lowest BCUT2D eigenvalue weighted by molar-refractivity contribution is 0.0615. The van der Waals surface area contributed by atoms with Crippen molar-refractivity contribution >= 4 is 11.5 Å². The van der Waals surface area contributed by atoms with Crippen LogP contribution < -0.4 is 15.8 Å². The van der Waals surface area contributed by atoms with Gasteiger partial charge in [-0.1, -0.05) is 0 Å². The lowest BCUT2D eigenvalue weighted by Crippen LogP contribution is -2.19. The summed E-state index contributed by atoms with van der Waals surface area (Å²) < 4.78 is 10.1. The third kappa shape index (κ3) is 4.34. The molecule has 0 fully saturated rings. The molecule has 0 aliphatic heterocycles. The fraction of sp³-hybridized carbons (Fsp3) is 0.636. The smallest absolute Gasteiger partial charge is 0.242 e. The molecular weight excluding hydrogens is 236 g/mol. The molecule has 18 heavy (non-hydrogen) atoms. The highest BCUT2D eigenvalue weighted by Crippen LogP contribution is 2.24. The lowest BCUT2D eigenvalue weighted by atomic mass is 10.2. The predicted molar refractivity (Wildman–Crippen MR) is 68.6 cm³/mol. The van der Waals surface area contributed by atoms with Crippen molar-refractivity contribution in [3.63, 3.8) is 0 Å². The summed E-state index contributed by atoms with van der Waals surface area (Å²) in [6, 6.07) is 0. The van der Waals surface area contributed by atoms with Gasteiger partial charge in [0, 0.05) is 13.7 Å². The minimum Gasteiger partial charge on any atom is -0.476 e. The zero-order chi connectivity index (χ0) is 13.4. The molecule has 7 nitrogen and oxygen atoms in total. The van der Waals surface area contributed by atoms with Crippen LogP contribution in [0, 0.1) is 0 Å². The molecule has 1 heterocycles. The van der Waals surface area contributed by atoms with E-state index >= 15 is 0 Å². The molecule has 0 radical (unpaired) electrons. The van der Waals surface area contributed by atoms with Gasteiger partial charge >= 0.3 is 0 Å². The Morgan fingerprint density at radius 3 is 2.94 bits per heavy atom. The minimum absolute atomic E-state index is 0.311. The highest BCUT2D eigenvalue weighted by molar-refractivity contribution is 5.66. The van der Waals surface area contributed by atoms with Crippen LogP contribution in [-0.4, -0.2) is 48.0 Å².